The summed E-state index contributed by atoms with van der Waals surface area (Å²) < 4.78 is 39.3. The van der Waals surface area contributed by atoms with Crippen molar-refractivity contribution in [2.75, 3.05) is 36.4 Å². The van der Waals surface area contributed by atoms with Gasteiger partial charge >= 0.3 is 12.2 Å². The number of piperazine rings is 1. The number of nitrogens with one attached hydrogen (secondary N) is 1. The molecule has 1 aliphatic heterocycles. The molecule has 3 rings (SSSR count). The minimum Gasteiger partial charge on any atom is -0.337 e. The maximum Gasteiger partial charge on any atom is 0.418 e. The number of anilines is 2. The minimum absolute atomic E-state index is 0.0493. The molecule has 2 aromatic rings. The highest BCUT2D eigenvalue weighted by Gasteiger charge is 2.34. The Kier molecular flexibility index (Phi) is 5.17. The summed E-state index contributed by atoms with van der Waals surface area (Å²) in [5.41, 5.74) is -1.30. The second-order valence-corrected chi connectivity index (χ2v) is 6.08. The molecule has 1 aliphatic rings. The molecule has 1 saturated heterocycles. The van der Waals surface area contributed by atoms with Crippen molar-refractivity contribution < 1.29 is 18.0 Å². The van der Waals surface area contributed by atoms with E-state index >= 15 is 0 Å². The molecule has 1 aromatic heterocycles. The fourth-order valence-electron chi connectivity index (χ4n) is 2.62. The van der Waals surface area contributed by atoms with E-state index in [1.165, 1.54) is 11.0 Å². The van der Waals surface area contributed by atoms with Crippen molar-refractivity contribution in [3.63, 3.8) is 0 Å². The normalized spacial score (nSPS) is 15.1. The number of nitrogens with zero attached hydrogens (tertiary/aromatic N) is 4. The first kappa shape index (κ1) is 18.2. The molecule has 1 fully saturated rings. The van der Waals surface area contributed by atoms with E-state index in [1.54, 1.807) is 18.5 Å². The quantitative estimate of drug-likeness (QED) is 0.859. The molecular weight excluding hydrogens is 371 g/mol. The molecule has 0 radical (unpaired) electrons. The van der Waals surface area contributed by atoms with Gasteiger partial charge in [-0.3, -0.25) is 0 Å². The molecule has 138 valence electrons. The number of urea groups is 1. The summed E-state index contributed by atoms with van der Waals surface area (Å²) in [6, 6.07) is 4.36. The second-order valence-electron chi connectivity index (χ2n) is 5.64. The zero-order valence-corrected chi connectivity index (χ0v) is 14.3. The smallest absolute Gasteiger partial charge is 0.337 e. The molecule has 0 saturated carbocycles. The Balaban J connectivity index is 1.65. The van der Waals surface area contributed by atoms with Gasteiger partial charge in [0.05, 0.1) is 11.3 Å². The van der Waals surface area contributed by atoms with Gasteiger partial charge in [0.1, 0.15) is 0 Å². The molecule has 0 unspecified atom stereocenters. The standard InChI is InChI=1S/C16H15ClF3N5O/c17-11-2-3-13(12(10-11)16(18,19)20)23-15(26)25-8-6-24(7-9-25)14-21-4-1-5-22-14/h1-5,10H,6-9H2,(H,23,26). The summed E-state index contributed by atoms with van der Waals surface area (Å²) in [4.78, 5) is 24.0. The Hall–Kier alpha value is -2.55. The molecule has 26 heavy (non-hydrogen) atoms. The van der Waals surface area contributed by atoms with Crippen molar-refractivity contribution >= 4 is 29.3 Å². The van der Waals surface area contributed by atoms with Crippen LogP contribution >= 0.6 is 11.6 Å². The van der Waals surface area contributed by atoms with Crippen LogP contribution in [0.25, 0.3) is 0 Å². The molecule has 2 amide bonds. The molecule has 2 heterocycles. The number of hydrogen-bond acceptors (Lipinski definition) is 4. The third kappa shape index (κ3) is 4.16. The average molecular weight is 386 g/mol. The summed E-state index contributed by atoms with van der Waals surface area (Å²) in [5.74, 6) is 0.560. The lowest BCUT2D eigenvalue weighted by atomic mass is 10.1. The first-order valence-corrected chi connectivity index (χ1v) is 8.17. The van der Waals surface area contributed by atoms with Gasteiger partial charge in [0.25, 0.3) is 0 Å². The number of halogens is 4. The van der Waals surface area contributed by atoms with Gasteiger partial charge in [0, 0.05) is 43.6 Å². The molecule has 0 atom stereocenters. The monoisotopic (exact) mass is 385 g/mol. The van der Waals surface area contributed by atoms with Crippen LogP contribution in [0.4, 0.5) is 29.6 Å². The van der Waals surface area contributed by atoms with Gasteiger partial charge in [-0.15, -0.1) is 0 Å². The Labute approximate surface area is 152 Å². The summed E-state index contributed by atoms with van der Waals surface area (Å²) in [6.45, 7) is 1.67. The van der Waals surface area contributed by atoms with Crippen LogP contribution in [-0.2, 0) is 6.18 Å². The molecule has 0 spiro atoms. The van der Waals surface area contributed by atoms with Gasteiger partial charge in [-0.25, -0.2) is 14.8 Å². The first-order valence-electron chi connectivity index (χ1n) is 7.79. The Bertz CT molecular complexity index is 779. The predicted molar refractivity (Wildman–Crippen MR) is 91.3 cm³/mol. The van der Waals surface area contributed by atoms with Crippen LogP contribution in [-0.4, -0.2) is 47.1 Å². The van der Waals surface area contributed by atoms with E-state index in [1.807, 2.05) is 4.90 Å². The Morgan fingerprint density at radius 3 is 2.38 bits per heavy atom. The number of rotatable bonds is 2. The summed E-state index contributed by atoms with van der Waals surface area (Å²) in [5, 5.41) is 2.28. The largest absolute Gasteiger partial charge is 0.418 e. The SMILES string of the molecule is O=C(Nc1ccc(Cl)cc1C(F)(F)F)N1CCN(c2ncccn2)CC1. The van der Waals surface area contributed by atoms with Crippen LogP contribution in [0, 0.1) is 0 Å². The maximum absolute atomic E-state index is 13.1. The number of carbonyl (C=O) groups is 1. The van der Waals surface area contributed by atoms with Gasteiger partial charge in [-0.2, -0.15) is 13.2 Å². The Morgan fingerprint density at radius 2 is 1.77 bits per heavy atom. The van der Waals surface area contributed by atoms with Crippen LogP contribution in [0.1, 0.15) is 5.56 Å². The number of carbonyl (C=O) groups excluding carboxylic acids is 1. The first-order chi connectivity index (χ1) is 12.3. The van der Waals surface area contributed by atoms with Crippen LogP contribution in [0.5, 0.6) is 0 Å². The molecular formula is C16H15ClF3N5O. The highest BCUT2D eigenvalue weighted by atomic mass is 35.5. The highest BCUT2D eigenvalue weighted by Crippen LogP contribution is 2.36. The van der Waals surface area contributed by atoms with Gasteiger partial charge < -0.3 is 15.1 Å². The average Bonchev–Trinajstić information content (AvgIpc) is 2.63. The van der Waals surface area contributed by atoms with E-state index in [0.717, 1.165) is 12.1 Å². The molecule has 1 aromatic carbocycles. The maximum atomic E-state index is 13.1. The molecule has 0 bridgehead atoms. The van der Waals surface area contributed by atoms with Crippen LogP contribution < -0.4 is 10.2 Å². The molecule has 0 aliphatic carbocycles. The van der Waals surface area contributed by atoms with Crippen molar-refractivity contribution in [2.24, 2.45) is 0 Å². The predicted octanol–water partition coefficient (Wildman–Crippen LogP) is 3.50. The van der Waals surface area contributed by atoms with Gasteiger partial charge in [0.2, 0.25) is 5.95 Å². The lowest BCUT2D eigenvalue weighted by molar-refractivity contribution is -0.136. The van der Waals surface area contributed by atoms with Crippen molar-refractivity contribution in [2.45, 2.75) is 6.18 Å². The zero-order valence-electron chi connectivity index (χ0n) is 13.5. The lowest BCUT2D eigenvalue weighted by Gasteiger charge is -2.34. The third-order valence-corrected chi connectivity index (χ3v) is 4.17. The molecule has 6 nitrogen and oxygen atoms in total. The van der Waals surface area contributed by atoms with Gasteiger partial charge in [-0.1, -0.05) is 11.6 Å². The van der Waals surface area contributed by atoms with Crippen LogP contribution in [0.2, 0.25) is 5.02 Å². The highest BCUT2D eigenvalue weighted by molar-refractivity contribution is 6.30. The van der Waals surface area contributed by atoms with E-state index in [9.17, 15) is 18.0 Å². The topological polar surface area (TPSA) is 61.4 Å². The van der Waals surface area contributed by atoms with E-state index < -0.39 is 17.8 Å². The summed E-state index contributed by atoms with van der Waals surface area (Å²) in [6.07, 6.45) is -1.36. The number of hydrogen-bond donors (Lipinski definition) is 1. The van der Waals surface area contributed by atoms with E-state index in [-0.39, 0.29) is 10.7 Å². The summed E-state index contributed by atoms with van der Waals surface area (Å²) >= 11 is 5.64. The fraction of sp³-hybridized carbons (Fsp3) is 0.312. The Morgan fingerprint density at radius 1 is 1.12 bits per heavy atom. The molecule has 10 heteroatoms. The van der Waals surface area contributed by atoms with E-state index in [0.29, 0.717) is 32.1 Å². The van der Waals surface area contributed by atoms with Gasteiger partial charge in [0.15, 0.2) is 0 Å². The number of aromatic nitrogens is 2. The van der Waals surface area contributed by atoms with Gasteiger partial charge in [-0.05, 0) is 24.3 Å². The third-order valence-electron chi connectivity index (χ3n) is 3.93. The molecule has 1 N–H and O–H groups in total. The van der Waals surface area contributed by atoms with E-state index in [2.05, 4.69) is 15.3 Å². The number of amides is 2. The van der Waals surface area contributed by atoms with Crippen molar-refractivity contribution in [1.29, 1.82) is 0 Å². The van der Waals surface area contributed by atoms with Crippen molar-refractivity contribution in [3.8, 4) is 0 Å². The minimum atomic E-state index is -4.61. The lowest BCUT2D eigenvalue weighted by Crippen LogP contribution is -2.50. The van der Waals surface area contributed by atoms with Crippen molar-refractivity contribution in [1.82, 2.24) is 14.9 Å². The van der Waals surface area contributed by atoms with E-state index in [4.69, 9.17) is 11.6 Å². The zero-order chi connectivity index (χ0) is 18.7. The van der Waals surface area contributed by atoms with Crippen LogP contribution in [0.3, 0.4) is 0 Å². The van der Waals surface area contributed by atoms with Crippen molar-refractivity contribution in [3.05, 3.63) is 47.2 Å². The van der Waals surface area contributed by atoms with Crippen LogP contribution in [0.15, 0.2) is 36.7 Å². The second kappa shape index (κ2) is 7.36. The number of alkyl halides is 3. The number of benzene rings is 1. The summed E-state index contributed by atoms with van der Waals surface area (Å²) in [7, 11) is 0. The fourth-order valence-corrected chi connectivity index (χ4v) is 2.79.